The highest BCUT2D eigenvalue weighted by molar-refractivity contribution is 7.15. The molecular weight excluding hydrogens is 298 g/mol. The predicted molar refractivity (Wildman–Crippen MR) is 78.1 cm³/mol. The number of nitrogens with two attached hydrogens (primary N) is 1. The Hall–Kier alpha value is -2.05. The maximum Gasteiger partial charge on any atom is 0.340 e. The molecule has 3 rings (SSSR count). The fourth-order valence-corrected chi connectivity index (χ4v) is 2.67. The number of ether oxygens (including phenoxy) is 1. The van der Waals surface area contributed by atoms with Crippen LogP contribution in [0.4, 0.5) is 5.69 Å². The van der Waals surface area contributed by atoms with Crippen molar-refractivity contribution in [1.82, 2.24) is 9.38 Å². The molecule has 0 aliphatic heterocycles. The lowest BCUT2D eigenvalue weighted by atomic mass is 10.2. The smallest absolute Gasteiger partial charge is 0.340 e. The fraction of sp³-hybridized carbons (Fsp3) is 0.0769. The van der Waals surface area contributed by atoms with E-state index in [1.165, 1.54) is 11.3 Å². The lowest BCUT2D eigenvalue weighted by Gasteiger charge is -2.06. The molecular formula is C13H10ClN3O2S. The van der Waals surface area contributed by atoms with E-state index in [1.54, 1.807) is 18.2 Å². The first-order chi connectivity index (χ1) is 9.65. The number of carbonyl (C=O) groups excluding carboxylic acids is 1. The van der Waals surface area contributed by atoms with Crippen molar-refractivity contribution in [2.45, 2.75) is 6.61 Å². The van der Waals surface area contributed by atoms with Crippen LogP contribution in [0.2, 0.25) is 5.02 Å². The zero-order chi connectivity index (χ0) is 14.1. The van der Waals surface area contributed by atoms with Crippen LogP contribution >= 0.6 is 22.9 Å². The van der Waals surface area contributed by atoms with Crippen LogP contribution in [0.1, 0.15) is 16.1 Å². The molecule has 0 atom stereocenters. The second-order valence-electron chi connectivity index (χ2n) is 4.10. The number of fused-ring (bicyclic) bond motifs is 1. The van der Waals surface area contributed by atoms with E-state index in [1.807, 2.05) is 22.2 Å². The summed E-state index contributed by atoms with van der Waals surface area (Å²) in [4.78, 5) is 17.1. The van der Waals surface area contributed by atoms with E-state index in [-0.39, 0.29) is 17.9 Å². The van der Waals surface area contributed by atoms with Gasteiger partial charge in [-0.25, -0.2) is 9.78 Å². The number of thiazole rings is 1. The van der Waals surface area contributed by atoms with Crippen molar-refractivity contribution in [1.29, 1.82) is 0 Å². The van der Waals surface area contributed by atoms with E-state index >= 15 is 0 Å². The Morgan fingerprint density at radius 2 is 2.35 bits per heavy atom. The largest absolute Gasteiger partial charge is 0.455 e. The van der Waals surface area contributed by atoms with Crippen LogP contribution < -0.4 is 5.73 Å². The minimum Gasteiger partial charge on any atom is -0.455 e. The number of hydrogen-bond donors (Lipinski definition) is 1. The third-order valence-electron chi connectivity index (χ3n) is 2.77. The summed E-state index contributed by atoms with van der Waals surface area (Å²) in [6.45, 7) is 0.0964. The van der Waals surface area contributed by atoms with Gasteiger partial charge >= 0.3 is 5.97 Å². The van der Waals surface area contributed by atoms with Crippen molar-refractivity contribution < 1.29 is 9.53 Å². The molecule has 0 saturated carbocycles. The predicted octanol–water partition coefficient (Wildman–Crippen LogP) is 2.99. The van der Waals surface area contributed by atoms with Gasteiger partial charge in [0.05, 0.1) is 22.0 Å². The van der Waals surface area contributed by atoms with Gasteiger partial charge in [0.1, 0.15) is 6.61 Å². The highest BCUT2D eigenvalue weighted by atomic mass is 35.5. The molecule has 0 amide bonds. The van der Waals surface area contributed by atoms with Crippen molar-refractivity contribution in [3.05, 3.63) is 52.3 Å². The molecule has 102 valence electrons. The standard InChI is InChI=1S/C13H10ClN3O2S/c14-10-3-1-2-9(11(10)15)12(18)19-7-8-6-17-4-5-20-13(17)16-8/h1-6H,7,15H2. The minimum absolute atomic E-state index is 0.0964. The molecule has 0 saturated heterocycles. The fourth-order valence-electron chi connectivity index (χ4n) is 1.78. The van der Waals surface area contributed by atoms with Crippen LogP contribution in [0.15, 0.2) is 36.0 Å². The number of esters is 1. The lowest BCUT2D eigenvalue weighted by molar-refractivity contribution is 0.0469. The molecule has 0 aliphatic rings. The van der Waals surface area contributed by atoms with E-state index in [2.05, 4.69) is 4.98 Å². The molecule has 2 N–H and O–H groups in total. The zero-order valence-electron chi connectivity index (χ0n) is 10.2. The summed E-state index contributed by atoms with van der Waals surface area (Å²) in [5, 5.41) is 2.27. The molecule has 2 heterocycles. The molecule has 0 aliphatic carbocycles. The average Bonchev–Trinajstić information content (AvgIpc) is 3.00. The Labute approximate surface area is 123 Å². The van der Waals surface area contributed by atoms with Gasteiger partial charge in [-0.05, 0) is 12.1 Å². The minimum atomic E-state index is -0.513. The Balaban J connectivity index is 1.73. The van der Waals surface area contributed by atoms with Crippen LogP contribution in [-0.4, -0.2) is 15.4 Å². The van der Waals surface area contributed by atoms with Crippen molar-refractivity contribution in [3.63, 3.8) is 0 Å². The van der Waals surface area contributed by atoms with Gasteiger partial charge in [0.2, 0.25) is 0 Å². The van der Waals surface area contributed by atoms with Gasteiger partial charge in [-0.3, -0.25) is 4.40 Å². The highest BCUT2D eigenvalue weighted by Gasteiger charge is 2.14. The van der Waals surface area contributed by atoms with Crippen LogP contribution in [-0.2, 0) is 11.3 Å². The van der Waals surface area contributed by atoms with E-state index in [9.17, 15) is 4.79 Å². The molecule has 0 fully saturated rings. The van der Waals surface area contributed by atoms with Gasteiger partial charge < -0.3 is 10.5 Å². The van der Waals surface area contributed by atoms with E-state index < -0.39 is 5.97 Å². The highest BCUT2D eigenvalue weighted by Crippen LogP contribution is 2.23. The summed E-state index contributed by atoms with van der Waals surface area (Å²) < 4.78 is 7.08. The van der Waals surface area contributed by atoms with Crippen LogP contribution in [0.3, 0.4) is 0 Å². The number of halogens is 1. The number of imidazole rings is 1. The first kappa shape index (κ1) is 13.0. The number of carbonyl (C=O) groups is 1. The maximum atomic E-state index is 12.0. The topological polar surface area (TPSA) is 69.6 Å². The summed E-state index contributed by atoms with van der Waals surface area (Å²) >= 11 is 7.38. The van der Waals surface area contributed by atoms with E-state index in [0.29, 0.717) is 10.7 Å². The Bertz CT molecular complexity index is 752. The molecule has 0 radical (unpaired) electrons. The van der Waals surface area contributed by atoms with Crippen LogP contribution in [0, 0.1) is 0 Å². The molecule has 1 aromatic carbocycles. The van der Waals surface area contributed by atoms with Gasteiger partial charge in [0, 0.05) is 17.8 Å². The Kier molecular flexibility index (Phi) is 3.33. The van der Waals surface area contributed by atoms with E-state index in [0.717, 1.165) is 4.96 Å². The van der Waals surface area contributed by atoms with Crippen molar-refractivity contribution in [3.8, 4) is 0 Å². The molecule has 7 heteroatoms. The molecule has 0 unspecified atom stereocenters. The SMILES string of the molecule is Nc1c(Cl)cccc1C(=O)OCc1cn2ccsc2n1. The number of hydrogen-bond acceptors (Lipinski definition) is 5. The number of nitrogens with zero attached hydrogens (tertiary/aromatic N) is 2. The lowest BCUT2D eigenvalue weighted by Crippen LogP contribution is -2.08. The molecule has 0 bridgehead atoms. The molecule has 20 heavy (non-hydrogen) atoms. The second-order valence-corrected chi connectivity index (χ2v) is 5.38. The summed E-state index contributed by atoms with van der Waals surface area (Å²) in [5.41, 5.74) is 6.92. The quantitative estimate of drug-likeness (QED) is 0.596. The summed E-state index contributed by atoms with van der Waals surface area (Å²) in [6, 6.07) is 4.86. The van der Waals surface area contributed by atoms with Gasteiger partial charge in [-0.2, -0.15) is 0 Å². The monoisotopic (exact) mass is 307 g/mol. The van der Waals surface area contributed by atoms with Gasteiger partial charge in [0.25, 0.3) is 0 Å². The van der Waals surface area contributed by atoms with Crippen molar-refractivity contribution in [2.75, 3.05) is 5.73 Å². The molecule has 0 spiro atoms. The summed E-state index contributed by atoms with van der Waals surface area (Å²) in [5.74, 6) is -0.513. The maximum absolute atomic E-state index is 12.0. The van der Waals surface area contributed by atoms with Crippen molar-refractivity contribution >= 4 is 39.6 Å². The molecule has 2 aromatic heterocycles. The second kappa shape index (κ2) is 5.15. The number of aromatic nitrogens is 2. The number of benzene rings is 1. The zero-order valence-corrected chi connectivity index (χ0v) is 11.8. The number of para-hydroxylation sites is 1. The van der Waals surface area contributed by atoms with Gasteiger partial charge in [-0.15, -0.1) is 11.3 Å². The molecule has 5 nitrogen and oxygen atoms in total. The normalized spacial score (nSPS) is 10.8. The third kappa shape index (κ3) is 2.35. The van der Waals surface area contributed by atoms with Crippen LogP contribution in [0.25, 0.3) is 4.96 Å². The number of nitrogen functional groups attached to an aromatic ring is 1. The first-order valence-electron chi connectivity index (χ1n) is 5.77. The van der Waals surface area contributed by atoms with Gasteiger partial charge in [-0.1, -0.05) is 17.7 Å². The van der Waals surface area contributed by atoms with E-state index in [4.69, 9.17) is 22.1 Å². The Morgan fingerprint density at radius 1 is 1.50 bits per heavy atom. The first-order valence-corrected chi connectivity index (χ1v) is 7.03. The van der Waals surface area contributed by atoms with Gasteiger partial charge in [0.15, 0.2) is 4.96 Å². The number of anilines is 1. The third-order valence-corrected chi connectivity index (χ3v) is 3.87. The number of rotatable bonds is 3. The average molecular weight is 308 g/mol. The summed E-state index contributed by atoms with van der Waals surface area (Å²) in [7, 11) is 0. The molecule has 3 aromatic rings. The Morgan fingerprint density at radius 3 is 3.15 bits per heavy atom. The van der Waals surface area contributed by atoms with Crippen molar-refractivity contribution in [2.24, 2.45) is 0 Å². The summed E-state index contributed by atoms with van der Waals surface area (Å²) in [6.07, 6.45) is 3.72. The van der Waals surface area contributed by atoms with Crippen LogP contribution in [0.5, 0.6) is 0 Å².